The zero-order chi connectivity index (χ0) is 21.0. The lowest BCUT2D eigenvalue weighted by Gasteiger charge is -2.13. The topological polar surface area (TPSA) is 82.5 Å². The molecule has 0 aliphatic rings. The summed E-state index contributed by atoms with van der Waals surface area (Å²) in [7, 11) is 3.05. The van der Waals surface area contributed by atoms with Gasteiger partial charge >= 0.3 is 0 Å². The smallest absolute Gasteiger partial charge is 0.262 e. The van der Waals surface area contributed by atoms with Crippen LogP contribution in [0.4, 0.5) is 5.69 Å². The van der Waals surface area contributed by atoms with Crippen molar-refractivity contribution in [3.63, 3.8) is 0 Å². The van der Waals surface area contributed by atoms with Crippen LogP contribution in [0, 0.1) is 6.92 Å². The van der Waals surface area contributed by atoms with Crippen molar-refractivity contribution in [3.8, 4) is 11.5 Å². The molecule has 0 saturated carbocycles. The summed E-state index contributed by atoms with van der Waals surface area (Å²) in [5.41, 5.74) is 2.17. The minimum absolute atomic E-state index is 0.138. The highest BCUT2D eigenvalue weighted by Crippen LogP contribution is 2.31. The van der Waals surface area contributed by atoms with E-state index in [1.807, 2.05) is 38.1 Å². The molecular formula is C21H23N3O4S. The van der Waals surface area contributed by atoms with E-state index in [0.29, 0.717) is 34.1 Å². The normalized spacial score (nSPS) is 10.8. The second-order valence-corrected chi connectivity index (χ2v) is 7.31. The molecule has 152 valence electrons. The third kappa shape index (κ3) is 4.54. The number of anilines is 1. The minimum Gasteiger partial charge on any atom is -0.493 e. The predicted octanol–water partition coefficient (Wildman–Crippen LogP) is 3.47. The molecule has 3 rings (SSSR count). The van der Waals surface area contributed by atoms with Gasteiger partial charge in [-0.15, -0.1) is 0 Å². The van der Waals surface area contributed by atoms with Crippen molar-refractivity contribution < 1.29 is 14.3 Å². The maximum atomic E-state index is 12.9. The zero-order valence-corrected chi connectivity index (χ0v) is 17.6. The molecule has 0 saturated heterocycles. The fraction of sp³-hybridized carbons (Fsp3) is 0.286. The first kappa shape index (κ1) is 20.7. The molecule has 8 heteroatoms. The number of nitrogens with zero attached hydrogens (tertiary/aromatic N) is 2. The van der Waals surface area contributed by atoms with E-state index in [1.165, 1.54) is 26.0 Å². The van der Waals surface area contributed by atoms with Crippen LogP contribution in [0.3, 0.4) is 0 Å². The molecule has 3 aromatic rings. The average molecular weight is 413 g/mol. The van der Waals surface area contributed by atoms with E-state index in [0.717, 1.165) is 11.3 Å². The van der Waals surface area contributed by atoms with Gasteiger partial charge in [0.2, 0.25) is 5.91 Å². The summed E-state index contributed by atoms with van der Waals surface area (Å²) in [5, 5.41) is 3.78. The predicted molar refractivity (Wildman–Crippen MR) is 115 cm³/mol. The molecule has 0 radical (unpaired) electrons. The first-order valence-electron chi connectivity index (χ1n) is 9.12. The van der Waals surface area contributed by atoms with Crippen molar-refractivity contribution in [2.24, 2.45) is 0 Å². The summed E-state index contributed by atoms with van der Waals surface area (Å²) < 4.78 is 12.1. The first-order chi connectivity index (χ1) is 14.0. The molecule has 29 heavy (non-hydrogen) atoms. The Bertz CT molecular complexity index is 1090. The molecule has 1 amide bonds. The molecule has 0 atom stereocenters. The second-order valence-electron chi connectivity index (χ2n) is 6.37. The van der Waals surface area contributed by atoms with Gasteiger partial charge in [0.1, 0.15) is 0 Å². The maximum Gasteiger partial charge on any atom is 0.262 e. The quantitative estimate of drug-likeness (QED) is 0.472. The number of nitrogens with one attached hydrogen (secondary N) is 1. The number of benzene rings is 2. The summed E-state index contributed by atoms with van der Waals surface area (Å²) >= 11 is 1.22. The van der Waals surface area contributed by atoms with Crippen LogP contribution in [0.15, 0.2) is 46.3 Å². The number of thioether (sulfide) groups is 1. The molecule has 1 aromatic heterocycles. The van der Waals surface area contributed by atoms with Gasteiger partial charge in [0, 0.05) is 18.3 Å². The van der Waals surface area contributed by atoms with Crippen LogP contribution >= 0.6 is 11.8 Å². The van der Waals surface area contributed by atoms with Gasteiger partial charge in [0.05, 0.1) is 30.9 Å². The fourth-order valence-corrected chi connectivity index (χ4v) is 3.74. The van der Waals surface area contributed by atoms with Gasteiger partial charge in [-0.2, -0.15) is 0 Å². The Morgan fingerprint density at radius 1 is 1.14 bits per heavy atom. The van der Waals surface area contributed by atoms with Crippen LogP contribution in [-0.4, -0.2) is 35.4 Å². The fourth-order valence-electron chi connectivity index (χ4n) is 2.88. The summed E-state index contributed by atoms with van der Waals surface area (Å²) in [6.45, 7) is 4.30. The Labute approximate surface area is 173 Å². The monoisotopic (exact) mass is 413 g/mol. The van der Waals surface area contributed by atoms with E-state index in [1.54, 1.807) is 16.7 Å². The molecule has 0 unspecified atom stereocenters. The van der Waals surface area contributed by atoms with E-state index in [4.69, 9.17) is 9.47 Å². The van der Waals surface area contributed by atoms with Crippen LogP contribution in [0.1, 0.15) is 12.5 Å². The Kier molecular flexibility index (Phi) is 6.43. The van der Waals surface area contributed by atoms with Crippen LogP contribution in [-0.2, 0) is 11.3 Å². The standard InChI is InChI=1S/C21H23N3O4S/c1-5-24-20(26)15-10-17(27-3)18(28-4)11-16(15)23-21(24)29-12-19(25)22-14-8-6-13(2)7-9-14/h6-11H,5,12H2,1-4H3,(H,22,25). The molecule has 7 nitrogen and oxygen atoms in total. The van der Waals surface area contributed by atoms with E-state index < -0.39 is 0 Å². The molecule has 0 fully saturated rings. The third-order valence-corrected chi connectivity index (χ3v) is 5.38. The summed E-state index contributed by atoms with van der Waals surface area (Å²) in [6, 6.07) is 10.9. The maximum absolute atomic E-state index is 12.9. The van der Waals surface area contributed by atoms with Crippen molar-refractivity contribution in [1.29, 1.82) is 0 Å². The summed E-state index contributed by atoms with van der Waals surface area (Å²) in [6.07, 6.45) is 0. The van der Waals surface area contributed by atoms with Crippen molar-refractivity contribution >= 4 is 34.3 Å². The Hall–Kier alpha value is -3.00. The lowest BCUT2D eigenvalue weighted by molar-refractivity contribution is -0.113. The van der Waals surface area contributed by atoms with Crippen LogP contribution < -0.4 is 20.3 Å². The molecular weight excluding hydrogens is 390 g/mol. The van der Waals surface area contributed by atoms with Gasteiger partial charge in [-0.1, -0.05) is 29.5 Å². The number of carbonyl (C=O) groups excluding carboxylic acids is 1. The number of rotatable bonds is 7. The van der Waals surface area contributed by atoms with Crippen molar-refractivity contribution in [2.75, 3.05) is 25.3 Å². The molecule has 1 N–H and O–H groups in total. The lowest BCUT2D eigenvalue weighted by atomic mass is 10.2. The highest BCUT2D eigenvalue weighted by atomic mass is 32.2. The van der Waals surface area contributed by atoms with Crippen LogP contribution in [0.25, 0.3) is 10.9 Å². The van der Waals surface area contributed by atoms with Crippen LogP contribution in [0.2, 0.25) is 0 Å². The number of hydrogen-bond acceptors (Lipinski definition) is 6. The van der Waals surface area contributed by atoms with Gasteiger partial charge in [-0.3, -0.25) is 14.2 Å². The van der Waals surface area contributed by atoms with Gasteiger partial charge in [0.25, 0.3) is 5.56 Å². The van der Waals surface area contributed by atoms with Gasteiger partial charge in [-0.25, -0.2) is 4.98 Å². The van der Waals surface area contributed by atoms with E-state index in [9.17, 15) is 9.59 Å². The van der Waals surface area contributed by atoms with E-state index in [-0.39, 0.29) is 17.2 Å². The summed E-state index contributed by atoms with van der Waals surface area (Å²) in [4.78, 5) is 29.8. The summed E-state index contributed by atoms with van der Waals surface area (Å²) in [5.74, 6) is 0.941. The highest BCUT2D eigenvalue weighted by Gasteiger charge is 2.15. The number of ether oxygens (including phenoxy) is 2. The lowest BCUT2D eigenvalue weighted by Crippen LogP contribution is -2.23. The number of hydrogen-bond donors (Lipinski definition) is 1. The molecule has 2 aromatic carbocycles. The third-order valence-electron chi connectivity index (χ3n) is 4.41. The van der Waals surface area contributed by atoms with Crippen molar-refractivity contribution in [1.82, 2.24) is 9.55 Å². The number of methoxy groups -OCH3 is 2. The van der Waals surface area contributed by atoms with Crippen LogP contribution in [0.5, 0.6) is 11.5 Å². The van der Waals surface area contributed by atoms with Crippen molar-refractivity contribution in [2.45, 2.75) is 25.5 Å². The first-order valence-corrected chi connectivity index (χ1v) is 10.1. The molecule has 1 heterocycles. The Morgan fingerprint density at radius 3 is 2.41 bits per heavy atom. The van der Waals surface area contributed by atoms with Gasteiger partial charge in [0.15, 0.2) is 16.7 Å². The second kappa shape index (κ2) is 9.00. The number of amides is 1. The largest absolute Gasteiger partial charge is 0.493 e. The Balaban J connectivity index is 1.87. The number of aromatic nitrogens is 2. The van der Waals surface area contributed by atoms with Gasteiger partial charge in [-0.05, 0) is 32.0 Å². The minimum atomic E-state index is -0.181. The Morgan fingerprint density at radius 2 is 1.79 bits per heavy atom. The van der Waals surface area contributed by atoms with E-state index >= 15 is 0 Å². The molecule has 0 spiro atoms. The number of fused-ring (bicyclic) bond motifs is 1. The SMILES string of the molecule is CCn1c(SCC(=O)Nc2ccc(C)cc2)nc2cc(OC)c(OC)cc2c1=O. The van der Waals surface area contributed by atoms with Crippen molar-refractivity contribution in [3.05, 3.63) is 52.3 Å². The van der Waals surface area contributed by atoms with E-state index in [2.05, 4.69) is 10.3 Å². The molecule has 0 aliphatic heterocycles. The molecule has 0 aliphatic carbocycles. The molecule has 0 bridgehead atoms. The highest BCUT2D eigenvalue weighted by molar-refractivity contribution is 7.99. The average Bonchev–Trinajstić information content (AvgIpc) is 2.73. The number of carbonyl (C=O) groups is 1. The number of aryl methyl sites for hydroxylation is 1. The zero-order valence-electron chi connectivity index (χ0n) is 16.8. The van der Waals surface area contributed by atoms with Gasteiger partial charge < -0.3 is 14.8 Å².